The quantitative estimate of drug-likeness (QED) is 0.342. The molecule has 0 bridgehead atoms. The van der Waals surface area contributed by atoms with E-state index in [0.29, 0.717) is 34.6 Å². The van der Waals surface area contributed by atoms with Gasteiger partial charge in [-0.2, -0.15) is 0 Å². The third-order valence-corrected chi connectivity index (χ3v) is 7.33. The van der Waals surface area contributed by atoms with Crippen LogP contribution < -0.4 is 9.64 Å². The van der Waals surface area contributed by atoms with Gasteiger partial charge in [0, 0.05) is 42.6 Å². The SMILES string of the molecule is CN1Cc2ccc(OCc3ccc4cc(F)c(F)cc4n3)cc2[C@@H](SCCC(=O)O)c2cccnc21. The van der Waals surface area contributed by atoms with Gasteiger partial charge in [0.25, 0.3) is 0 Å². The van der Waals surface area contributed by atoms with Gasteiger partial charge in [-0.15, -0.1) is 11.8 Å². The highest BCUT2D eigenvalue weighted by molar-refractivity contribution is 7.99. The number of halogens is 2. The van der Waals surface area contributed by atoms with Crippen molar-refractivity contribution in [1.29, 1.82) is 0 Å². The molecular formula is C27H23F2N3O3S. The Morgan fingerprint density at radius 2 is 1.97 bits per heavy atom. The number of benzene rings is 2. The fourth-order valence-electron chi connectivity index (χ4n) is 4.32. The summed E-state index contributed by atoms with van der Waals surface area (Å²) in [7, 11) is 1.99. The zero-order valence-corrected chi connectivity index (χ0v) is 20.3. The number of hydrogen-bond acceptors (Lipinski definition) is 6. The Morgan fingerprint density at radius 3 is 2.81 bits per heavy atom. The summed E-state index contributed by atoms with van der Waals surface area (Å²) in [6.07, 6.45) is 1.83. The topological polar surface area (TPSA) is 75.5 Å². The molecule has 2 aromatic carbocycles. The van der Waals surface area contributed by atoms with Gasteiger partial charge < -0.3 is 14.7 Å². The Labute approximate surface area is 210 Å². The number of ether oxygens (including phenoxy) is 1. The summed E-state index contributed by atoms with van der Waals surface area (Å²) in [4.78, 5) is 22.2. The number of carboxylic acids is 1. The van der Waals surface area contributed by atoms with Crippen LogP contribution in [0.3, 0.4) is 0 Å². The Hall–Kier alpha value is -3.72. The van der Waals surface area contributed by atoms with Crippen molar-refractivity contribution in [2.75, 3.05) is 17.7 Å². The predicted molar refractivity (Wildman–Crippen MR) is 135 cm³/mol. The minimum atomic E-state index is -0.940. The molecule has 2 aromatic heterocycles. The van der Waals surface area contributed by atoms with Crippen molar-refractivity contribution in [3.8, 4) is 5.75 Å². The second-order valence-electron chi connectivity index (χ2n) is 8.58. The van der Waals surface area contributed by atoms with Gasteiger partial charge in [-0.1, -0.05) is 18.2 Å². The van der Waals surface area contributed by atoms with Crippen LogP contribution in [0.5, 0.6) is 5.75 Å². The minimum Gasteiger partial charge on any atom is -0.487 e. The first-order chi connectivity index (χ1) is 17.4. The average Bonchev–Trinajstić information content (AvgIpc) is 2.97. The first-order valence-electron chi connectivity index (χ1n) is 11.4. The van der Waals surface area contributed by atoms with Gasteiger partial charge in [-0.3, -0.25) is 4.79 Å². The van der Waals surface area contributed by atoms with E-state index in [4.69, 9.17) is 9.84 Å². The van der Waals surface area contributed by atoms with Crippen LogP contribution in [0.1, 0.15) is 34.1 Å². The largest absolute Gasteiger partial charge is 0.487 e. The van der Waals surface area contributed by atoms with Crippen LogP contribution in [0.15, 0.2) is 60.8 Å². The number of rotatable bonds is 7. The monoisotopic (exact) mass is 507 g/mol. The number of aliphatic carboxylic acids is 1. The zero-order chi connectivity index (χ0) is 25.2. The van der Waals surface area contributed by atoms with Crippen molar-refractivity contribution in [2.24, 2.45) is 0 Å². The van der Waals surface area contributed by atoms with Gasteiger partial charge in [-0.25, -0.2) is 18.7 Å². The Kier molecular flexibility index (Phi) is 6.73. The van der Waals surface area contributed by atoms with E-state index >= 15 is 0 Å². The van der Waals surface area contributed by atoms with E-state index in [1.54, 1.807) is 30.1 Å². The molecule has 9 heteroatoms. The zero-order valence-electron chi connectivity index (χ0n) is 19.4. The highest BCUT2D eigenvalue weighted by atomic mass is 32.2. The normalized spacial score (nSPS) is 14.8. The lowest BCUT2D eigenvalue weighted by atomic mass is 10.0. The lowest BCUT2D eigenvalue weighted by molar-refractivity contribution is -0.136. The number of thioether (sulfide) groups is 1. The number of anilines is 1. The Morgan fingerprint density at radius 1 is 1.14 bits per heavy atom. The smallest absolute Gasteiger partial charge is 0.304 e. The van der Waals surface area contributed by atoms with Crippen LogP contribution in [-0.2, 0) is 17.9 Å². The van der Waals surface area contributed by atoms with Crippen molar-refractivity contribution in [2.45, 2.75) is 24.8 Å². The first kappa shape index (κ1) is 24.0. The molecule has 5 rings (SSSR count). The molecule has 0 aliphatic carbocycles. The molecule has 0 amide bonds. The molecule has 3 heterocycles. The molecule has 1 aliphatic rings. The van der Waals surface area contributed by atoms with E-state index in [1.165, 1.54) is 0 Å². The molecule has 0 saturated carbocycles. The van der Waals surface area contributed by atoms with Gasteiger partial charge in [0.15, 0.2) is 11.6 Å². The number of fused-ring (bicyclic) bond motifs is 3. The second kappa shape index (κ2) is 10.1. The van der Waals surface area contributed by atoms with Crippen LogP contribution in [0.4, 0.5) is 14.6 Å². The van der Waals surface area contributed by atoms with E-state index in [0.717, 1.165) is 34.6 Å². The lowest BCUT2D eigenvalue weighted by Crippen LogP contribution is -2.17. The third-order valence-electron chi connectivity index (χ3n) is 6.04. The lowest BCUT2D eigenvalue weighted by Gasteiger charge is -2.20. The van der Waals surface area contributed by atoms with Crippen molar-refractivity contribution in [3.05, 3.63) is 94.8 Å². The van der Waals surface area contributed by atoms with E-state index < -0.39 is 17.6 Å². The molecule has 6 nitrogen and oxygen atoms in total. The van der Waals surface area contributed by atoms with Crippen LogP contribution in [0.2, 0.25) is 0 Å². The van der Waals surface area contributed by atoms with E-state index in [2.05, 4.69) is 14.9 Å². The number of hydrogen-bond donors (Lipinski definition) is 1. The molecule has 0 spiro atoms. The number of pyridine rings is 2. The molecule has 1 atom stereocenters. The van der Waals surface area contributed by atoms with Gasteiger partial charge >= 0.3 is 5.97 Å². The van der Waals surface area contributed by atoms with Crippen LogP contribution in [0.25, 0.3) is 10.9 Å². The summed E-state index contributed by atoms with van der Waals surface area (Å²) in [5.74, 6) is -0.711. The van der Waals surface area contributed by atoms with Crippen LogP contribution >= 0.6 is 11.8 Å². The molecule has 0 fully saturated rings. The van der Waals surface area contributed by atoms with E-state index in [-0.39, 0.29) is 18.3 Å². The Balaban J connectivity index is 1.43. The third kappa shape index (κ3) is 4.97. The molecule has 0 unspecified atom stereocenters. The highest BCUT2D eigenvalue weighted by Gasteiger charge is 2.27. The molecule has 0 radical (unpaired) electrons. The molecule has 0 saturated heterocycles. The van der Waals surface area contributed by atoms with Crippen LogP contribution in [-0.4, -0.2) is 33.8 Å². The summed E-state index contributed by atoms with van der Waals surface area (Å²) in [6.45, 7) is 0.812. The first-order valence-corrected chi connectivity index (χ1v) is 12.4. The fraction of sp³-hybridized carbons (Fsp3) is 0.222. The molecule has 36 heavy (non-hydrogen) atoms. The predicted octanol–water partition coefficient (Wildman–Crippen LogP) is 5.73. The maximum absolute atomic E-state index is 13.6. The van der Waals surface area contributed by atoms with Gasteiger partial charge in [0.05, 0.1) is 22.9 Å². The highest BCUT2D eigenvalue weighted by Crippen LogP contribution is 2.44. The fourth-order valence-corrected chi connectivity index (χ4v) is 5.61. The van der Waals surface area contributed by atoms with Gasteiger partial charge in [0.2, 0.25) is 0 Å². The standard InChI is InChI=1S/C27H23F2N3O3S/c1-32-14-17-5-7-19(35-15-18-6-4-16-11-22(28)23(29)13-24(16)31-18)12-21(17)26(36-10-8-25(33)34)20-3-2-9-30-27(20)32/h2-7,9,11-13,26H,8,10,14-15H2,1H3,(H,33,34)/t26-/m0/s1. The molecular weight excluding hydrogens is 484 g/mol. The maximum Gasteiger partial charge on any atom is 0.304 e. The van der Waals surface area contributed by atoms with Crippen molar-refractivity contribution < 1.29 is 23.4 Å². The van der Waals surface area contributed by atoms with Gasteiger partial charge in [-0.05, 0) is 41.5 Å². The number of carbonyl (C=O) groups is 1. The van der Waals surface area contributed by atoms with E-state index in [1.807, 2.05) is 37.4 Å². The molecule has 184 valence electrons. The van der Waals surface area contributed by atoms with Crippen molar-refractivity contribution >= 4 is 34.5 Å². The molecule has 1 aliphatic heterocycles. The molecule has 1 N–H and O–H groups in total. The summed E-state index contributed by atoms with van der Waals surface area (Å²) in [6, 6.07) is 15.4. The van der Waals surface area contributed by atoms with Crippen LogP contribution in [0, 0.1) is 11.6 Å². The van der Waals surface area contributed by atoms with Crippen molar-refractivity contribution in [1.82, 2.24) is 9.97 Å². The summed E-state index contributed by atoms with van der Waals surface area (Å²) < 4.78 is 33.2. The summed E-state index contributed by atoms with van der Waals surface area (Å²) >= 11 is 1.57. The van der Waals surface area contributed by atoms with Gasteiger partial charge in [0.1, 0.15) is 18.2 Å². The number of nitrogens with zero attached hydrogens (tertiary/aromatic N) is 3. The number of aromatic nitrogens is 2. The average molecular weight is 508 g/mol. The minimum absolute atomic E-state index is 0.0657. The number of carboxylic acid groups (broad SMARTS) is 1. The second-order valence-corrected chi connectivity index (χ2v) is 9.79. The Bertz CT molecular complexity index is 1450. The summed E-state index contributed by atoms with van der Waals surface area (Å²) in [5.41, 5.74) is 4.13. The summed E-state index contributed by atoms with van der Waals surface area (Å²) in [5, 5.41) is 9.56. The molecule has 4 aromatic rings. The maximum atomic E-state index is 13.6. The van der Waals surface area contributed by atoms with E-state index in [9.17, 15) is 13.6 Å². The van der Waals surface area contributed by atoms with Crippen molar-refractivity contribution in [3.63, 3.8) is 0 Å².